The molecule has 1 heterocycles. The lowest BCUT2D eigenvalue weighted by atomic mass is 10.1. The highest BCUT2D eigenvalue weighted by Gasteiger charge is 2.13. The number of hydrogen-bond acceptors (Lipinski definition) is 8. The van der Waals surface area contributed by atoms with Crippen molar-refractivity contribution in [2.45, 2.75) is 5.22 Å². The molecule has 0 aliphatic rings. The van der Waals surface area contributed by atoms with E-state index in [2.05, 4.69) is 14.9 Å². The molecule has 0 saturated carbocycles. The largest absolute Gasteiger partial charge is 0.497 e. The summed E-state index contributed by atoms with van der Waals surface area (Å²) in [6, 6.07) is 13.4. The molecule has 3 aromatic rings. The third-order valence-electron chi connectivity index (χ3n) is 3.56. The highest BCUT2D eigenvalue weighted by molar-refractivity contribution is 7.99. The number of carbonyl (C=O) groups is 1. The van der Waals surface area contributed by atoms with Gasteiger partial charge < -0.3 is 9.15 Å². The number of thioether (sulfide) groups is 1. The van der Waals surface area contributed by atoms with Crippen LogP contribution in [0.3, 0.4) is 0 Å². The molecule has 0 aliphatic heterocycles. The number of sulfonamides is 1. The topological polar surface area (TPSA) is 111 Å². The number of methoxy groups -OCH3 is 1. The van der Waals surface area contributed by atoms with Crippen molar-refractivity contribution in [2.24, 2.45) is 0 Å². The van der Waals surface area contributed by atoms with Crippen molar-refractivity contribution >= 4 is 33.3 Å². The highest BCUT2D eigenvalue weighted by atomic mass is 32.2. The normalized spacial score (nSPS) is 11.2. The molecule has 0 aliphatic carbocycles. The van der Waals surface area contributed by atoms with E-state index in [9.17, 15) is 13.2 Å². The minimum absolute atomic E-state index is 0.0835. The average Bonchev–Trinajstić information content (AvgIpc) is 3.14. The molecule has 3 rings (SSSR count). The van der Waals surface area contributed by atoms with E-state index in [4.69, 9.17) is 9.15 Å². The molecule has 0 spiro atoms. The summed E-state index contributed by atoms with van der Waals surface area (Å²) in [5, 5.41) is 8.16. The number of ether oxygens (including phenoxy) is 1. The van der Waals surface area contributed by atoms with Gasteiger partial charge in [-0.05, 0) is 36.4 Å². The van der Waals surface area contributed by atoms with Crippen LogP contribution >= 0.6 is 11.8 Å². The molecule has 1 N–H and O–H groups in total. The van der Waals surface area contributed by atoms with Gasteiger partial charge in [0.25, 0.3) is 5.22 Å². The minimum atomic E-state index is -3.34. The number of hydrogen-bond donors (Lipinski definition) is 1. The highest BCUT2D eigenvalue weighted by Crippen LogP contribution is 2.25. The Balaban J connectivity index is 1.63. The van der Waals surface area contributed by atoms with Gasteiger partial charge >= 0.3 is 0 Å². The fourth-order valence-corrected chi connectivity index (χ4v) is 3.51. The molecule has 0 unspecified atom stereocenters. The van der Waals surface area contributed by atoms with Gasteiger partial charge in [-0.15, -0.1) is 10.2 Å². The molecule has 0 radical (unpaired) electrons. The maximum Gasteiger partial charge on any atom is 0.277 e. The van der Waals surface area contributed by atoms with Gasteiger partial charge in [0.1, 0.15) is 5.75 Å². The molecular formula is C18H17N3O5S2. The van der Waals surface area contributed by atoms with Gasteiger partial charge in [-0.3, -0.25) is 9.52 Å². The first-order chi connectivity index (χ1) is 13.3. The molecule has 146 valence electrons. The number of aromatic nitrogens is 2. The lowest BCUT2D eigenvalue weighted by Crippen LogP contribution is -2.09. The lowest BCUT2D eigenvalue weighted by Gasteiger charge is -2.03. The molecule has 28 heavy (non-hydrogen) atoms. The van der Waals surface area contributed by atoms with Crippen LogP contribution in [0.2, 0.25) is 0 Å². The van der Waals surface area contributed by atoms with Crippen LogP contribution in [0.25, 0.3) is 11.5 Å². The standard InChI is InChI=1S/C18H17N3O5S2/c1-25-15-5-3-4-13(10-15)16(22)11-27-18-20-19-17(26-18)12-6-8-14(9-7-12)21-28(2,23)24/h3-10,21H,11H2,1-2H3. The Morgan fingerprint density at radius 1 is 1.18 bits per heavy atom. The smallest absolute Gasteiger partial charge is 0.277 e. The third kappa shape index (κ3) is 5.33. The average molecular weight is 419 g/mol. The van der Waals surface area contributed by atoms with Gasteiger partial charge in [0.05, 0.1) is 19.1 Å². The van der Waals surface area contributed by atoms with Crippen molar-refractivity contribution in [1.82, 2.24) is 10.2 Å². The Morgan fingerprint density at radius 3 is 2.61 bits per heavy atom. The fraction of sp³-hybridized carbons (Fsp3) is 0.167. The Bertz CT molecular complexity index is 1080. The molecule has 10 heteroatoms. The van der Waals surface area contributed by atoms with E-state index >= 15 is 0 Å². The lowest BCUT2D eigenvalue weighted by molar-refractivity contribution is 0.102. The minimum Gasteiger partial charge on any atom is -0.497 e. The van der Waals surface area contributed by atoms with Gasteiger partial charge in [0, 0.05) is 16.8 Å². The number of rotatable bonds is 8. The van der Waals surface area contributed by atoms with Crippen molar-refractivity contribution in [3.63, 3.8) is 0 Å². The summed E-state index contributed by atoms with van der Waals surface area (Å²) in [5.74, 6) is 0.957. The maximum absolute atomic E-state index is 12.3. The molecule has 0 amide bonds. The second-order valence-electron chi connectivity index (χ2n) is 5.77. The van der Waals surface area contributed by atoms with E-state index in [1.807, 2.05) is 0 Å². The molecule has 2 aromatic carbocycles. The monoisotopic (exact) mass is 419 g/mol. The predicted molar refractivity (Wildman–Crippen MR) is 106 cm³/mol. The van der Waals surface area contributed by atoms with Crippen molar-refractivity contribution in [2.75, 3.05) is 23.8 Å². The number of carbonyl (C=O) groups excluding carboxylic acids is 1. The van der Waals surface area contributed by atoms with Crippen molar-refractivity contribution in [3.8, 4) is 17.2 Å². The second-order valence-corrected chi connectivity index (χ2v) is 8.44. The summed E-state index contributed by atoms with van der Waals surface area (Å²) < 4.78 is 35.5. The number of nitrogens with one attached hydrogen (secondary N) is 1. The molecule has 1 aromatic heterocycles. The molecule has 0 fully saturated rings. The van der Waals surface area contributed by atoms with E-state index in [0.717, 1.165) is 18.0 Å². The molecular weight excluding hydrogens is 402 g/mol. The summed E-state index contributed by atoms with van der Waals surface area (Å²) in [4.78, 5) is 12.3. The van der Waals surface area contributed by atoms with Crippen molar-refractivity contribution < 1.29 is 22.4 Å². The molecule has 8 nitrogen and oxygen atoms in total. The summed E-state index contributed by atoms with van der Waals surface area (Å²) in [5.41, 5.74) is 1.61. The molecule has 0 bridgehead atoms. The zero-order valence-corrected chi connectivity index (χ0v) is 16.7. The second kappa shape index (κ2) is 8.44. The number of Topliss-reactive ketones (excluding diaryl/α,β-unsaturated/α-hetero) is 1. The van der Waals surface area contributed by atoms with Gasteiger partial charge in [0.2, 0.25) is 15.9 Å². The van der Waals surface area contributed by atoms with Crippen LogP contribution in [0.4, 0.5) is 5.69 Å². The van der Waals surface area contributed by atoms with Crippen LogP contribution in [0.15, 0.2) is 58.2 Å². The summed E-state index contributed by atoms with van der Waals surface area (Å²) in [6.07, 6.45) is 1.08. The van der Waals surface area contributed by atoms with E-state index in [-0.39, 0.29) is 22.6 Å². The first kappa shape index (κ1) is 19.9. The summed E-state index contributed by atoms with van der Waals surface area (Å²) >= 11 is 1.14. The first-order valence-electron chi connectivity index (χ1n) is 8.06. The van der Waals surface area contributed by atoms with Crippen LogP contribution in [0, 0.1) is 0 Å². The van der Waals surface area contributed by atoms with E-state index in [1.54, 1.807) is 55.6 Å². The third-order valence-corrected chi connectivity index (χ3v) is 4.98. The van der Waals surface area contributed by atoms with Crippen LogP contribution in [-0.4, -0.2) is 43.5 Å². The van der Waals surface area contributed by atoms with Crippen LogP contribution in [-0.2, 0) is 10.0 Å². The van der Waals surface area contributed by atoms with Crippen LogP contribution in [0.5, 0.6) is 5.75 Å². The quantitative estimate of drug-likeness (QED) is 0.438. The zero-order valence-electron chi connectivity index (χ0n) is 15.1. The van der Waals surface area contributed by atoms with Gasteiger partial charge in [-0.1, -0.05) is 23.9 Å². The Morgan fingerprint density at radius 2 is 1.93 bits per heavy atom. The SMILES string of the molecule is COc1cccc(C(=O)CSc2nnc(-c3ccc(NS(C)(=O)=O)cc3)o2)c1. The van der Waals surface area contributed by atoms with Crippen LogP contribution < -0.4 is 9.46 Å². The van der Waals surface area contributed by atoms with Crippen molar-refractivity contribution in [3.05, 3.63) is 54.1 Å². The van der Waals surface area contributed by atoms with Gasteiger partial charge in [0.15, 0.2) is 5.78 Å². The summed E-state index contributed by atoms with van der Waals surface area (Å²) in [6.45, 7) is 0. The Hall–Kier alpha value is -2.85. The molecule has 0 atom stereocenters. The zero-order chi connectivity index (χ0) is 20.1. The van der Waals surface area contributed by atoms with E-state index < -0.39 is 10.0 Å². The van der Waals surface area contributed by atoms with Gasteiger partial charge in [-0.2, -0.15) is 0 Å². The number of anilines is 1. The van der Waals surface area contributed by atoms with E-state index in [1.165, 1.54) is 0 Å². The maximum atomic E-state index is 12.3. The molecule has 0 saturated heterocycles. The Kier molecular flexibility index (Phi) is 6.00. The number of benzene rings is 2. The number of nitrogens with zero attached hydrogens (tertiary/aromatic N) is 2. The number of ketones is 1. The van der Waals surface area contributed by atoms with E-state index in [0.29, 0.717) is 22.6 Å². The summed E-state index contributed by atoms with van der Waals surface area (Å²) in [7, 11) is -1.79. The Labute approximate surface area is 166 Å². The first-order valence-corrected chi connectivity index (χ1v) is 10.9. The predicted octanol–water partition coefficient (Wildman–Crippen LogP) is 3.09. The van der Waals surface area contributed by atoms with Gasteiger partial charge in [-0.25, -0.2) is 8.42 Å². The fourth-order valence-electron chi connectivity index (χ4n) is 2.29. The van der Waals surface area contributed by atoms with Crippen LogP contribution in [0.1, 0.15) is 10.4 Å². The van der Waals surface area contributed by atoms with Crippen molar-refractivity contribution in [1.29, 1.82) is 0 Å².